The van der Waals surface area contributed by atoms with Gasteiger partial charge in [-0.05, 0) is 101 Å². The second-order valence-electron chi connectivity index (χ2n) is 18.1. The Kier molecular flexibility index (Phi) is 9.53. The first kappa shape index (κ1) is 38.2. The molecule has 3 atom stereocenters. The van der Waals surface area contributed by atoms with E-state index in [2.05, 4.69) is 22.7 Å². The average molecular weight is 782 g/mol. The molecule has 2 saturated heterocycles. The van der Waals surface area contributed by atoms with Crippen molar-refractivity contribution in [3.63, 3.8) is 0 Å². The van der Waals surface area contributed by atoms with Crippen LogP contribution in [0, 0.1) is 34.8 Å². The molecule has 0 bridgehead atoms. The summed E-state index contributed by atoms with van der Waals surface area (Å²) in [5.41, 5.74) is -1.24. The Morgan fingerprint density at radius 2 is 1.75 bits per heavy atom. The van der Waals surface area contributed by atoms with Crippen LogP contribution in [0.5, 0.6) is 17.6 Å². The molecule has 3 saturated carbocycles. The van der Waals surface area contributed by atoms with Gasteiger partial charge in [-0.25, -0.2) is 13.8 Å². The highest BCUT2D eigenvalue weighted by Crippen LogP contribution is 2.61. The third kappa shape index (κ3) is 6.36. The van der Waals surface area contributed by atoms with Crippen molar-refractivity contribution >= 4 is 27.5 Å². The maximum atomic E-state index is 17.4. The number of terminal acetylenes is 1. The minimum atomic E-state index is -1.24. The van der Waals surface area contributed by atoms with Crippen molar-refractivity contribution in [2.24, 2.45) is 10.8 Å². The zero-order chi connectivity index (χ0) is 39.7. The Balaban J connectivity index is 1.15. The van der Waals surface area contributed by atoms with E-state index >= 15 is 8.78 Å². The lowest BCUT2D eigenvalue weighted by Crippen LogP contribution is -2.67. The van der Waals surface area contributed by atoms with Crippen LogP contribution in [0.1, 0.15) is 96.5 Å². The molecule has 0 amide bonds. The fourth-order valence-electron chi connectivity index (χ4n) is 11.6. The number of methoxy groups -OCH3 is 1. The van der Waals surface area contributed by atoms with Gasteiger partial charge < -0.3 is 29.3 Å². The van der Waals surface area contributed by atoms with Crippen molar-refractivity contribution < 1.29 is 33.2 Å². The maximum Gasteiger partial charge on any atom is 0.319 e. The number of anilines is 1. The number of pyridine rings is 1. The molecule has 5 fully saturated rings. The molecule has 5 aliphatic rings. The smallest absolute Gasteiger partial charge is 0.319 e. The van der Waals surface area contributed by atoms with Crippen molar-refractivity contribution in [1.29, 1.82) is 0 Å². The maximum absolute atomic E-state index is 17.4. The fourth-order valence-corrected chi connectivity index (χ4v) is 11.6. The lowest BCUT2D eigenvalue weighted by atomic mass is 9.56. The SMILES string of the molecule is C#Cc1c(F)ccc2cc(O)cc(-c3nc(OC)c4c(N5CCOC[C@@](C)(O)C5)nc(OC[C@@]56CCCN(C7CC8(CCCCC8)C7)[C@]5(C)CCC6)nc4c3F)c12. The number of nitrogens with zero attached hydrogens (tertiary/aromatic N) is 5. The summed E-state index contributed by atoms with van der Waals surface area (Å²) in [6.45, 7) is 6.48. The van der Waals surface area contributed by atoms with Gasteiger partial charge in [-0.15, -0.1) is 6.42 Å². The van der Waals surface area contributed by atoms with Crippen LogP contribution in [-0.2, 0) is 4.74 Å². The zero-order valence-electron chi connectivity index (χ0n) is 33.3. The number of hydrogen-bond donors (Lipinski definition) is 2. The van der Waals surface area contributed by atoms with Crippen LogP contribution in [-0.4, -0.2) is 93.8 Å². The summed E-state index contributed by atoms with van der Waals surface area (Å²) in [4.78, 5) is 19.0. The van der Waals surface area contributed by atoms with Gasteiger partial charge in [-0.3, -0.25) is 4.90 Å². The number of phenols is 1. The Hall–Kier alpha value is -4.31. The van der Waals surface area contributed by atoms with E-state index in [1.165, 1.54) is 76.3 Å². The molecule has 3 aliphatic carbocycles. The van der Waals surface area contributed by atoms with Crippen LogP contribution in [0.4, 0.5) is 14.6 Å². The molecule has 2 aromatic heterocycles. The second kappa shape index (κ2) is 14.2. The van der Waals surface area contributed by atoms with E-state index in [0.29, 0.717) is 36.6 Å². The number of piperidine rings is 1. The highest BCUT2D eigenvalue weighted by atomic mass is 19.1. The highest BCUT2D eigenvalue weighted by Gasteiger charge is 2.61. The first-order valence-corrected chi connectivity index (χ1v) is 20.7. The van der Waals surface area contributed by atoms with Crippen LogP contribution in [0.2, 0.25) is 0 Å². The molecule has 2 aliphatic heterocycles. The largest absolute Gasteiger partial charge is 0.508 e. The van der Waals surface area contributed by atoms with Gasteiger partial charge in [0.15, 0.2) is 5.82 Å². The van der Waals surface area contributed by atoms with Gasteiger partial charge in [0.25, 0.3) is 0 Å². The summed E-state index contributed by atoms with van der Waals surface area (Å²) >= 11 is 0. The minimum Gasteiger partial charge on any atom is -0.508 e. The third-order valence-corrected chi connectivity index (χ3v) is 14.4. The predicted molar refractivity (Wildman–Crippen MR) is 215 cm³/mol. The lowest BCUT2D eigenvalue weighted by molar-refractivity contribution is -0.134. The summed E-state index contributed by atoms with van der Waals surface area (Å²) < 4.78 is 50.9. The summed E-state index contributed by atoms with van der Waals surface area (Å²) in [5, 5.41) is 22.8. The van der Waals surface area contributed by atoms with E-state index in [0.717, 1.165) is 38.6 Å². The molecule has 2 aromatic carbocycles. The average Bonchev–Trinajstić information content (AvgIpc) is 3.43. The van der Waals surface area contributed by atoms with E-state index in [9.17, 15) is 10.2 Å². The van der Waals surface area contributed by atoms with Crippen molar-refractivity contribution in [2.45, 2.75) is 108 Å². The predicted octanol–water partition coefficient (Wildman–Crippen LogP) is 7.92. The number of aromatic nitrogens is 3. The molecule has 4 heterocycles. The van der Waals surface area contributed by atoms with Crippen LogP contribution in [0.3, 0.4) is 0 Å². The van der Waals surface area contributed by atoms with Crippen LogP contribution in [0.25, 0.3) is 32.9 Å². The molecule has 9 rings (SSSR count). The van der Waals surface area contributed by atoms with Crippen molar-refractivity contribution in [2.75, 3.05) is 51.5 Å². The Labute approximate surface area is 332 Å². The Morgan fingerprint density at radius 1 is 0.965 bits per heavy atom. The van der Waals surface area contributed by atoms with Gasteiger partial charge in [0.2, 0.25) is 5.88 Å². The number of aromatic hydroxyl groups is 1. The molecule has 0 radical (unpaired) electrons. The zero-order valence-corrected chi connectivity index (χ0v) is 33.3. The van der Waals surface area contributed by atoms with Gasteiger partial charge in [0.05, 0.1) is 39.0 Å². The minimum absolute atomic E-state index is 0.00193. The quantitative estimate of drug-likeness (QED) is 0.179. The molecule has 0 unspecified atom stereocenters. The van der Waals surface area contributed by atoms with Crippen molar-refractivity contribution in [3.8, 4) is 41.2 Å². The highest BCUT2D eigenvalue weighted by molar-refractivity contribution is 6.04. The standard InChI is InChI=1S/C45H53F2N5O5/c1-5-31-33(46)12-11-28-21-30(53)22-32(34(28)31)37-36(47)38-35(40(48-37)55-4)39(51-19-20-56-26-42(2,54)25-51)50-41(49-38)57-27-45-16-9-13-43(45,3)52(18-10-17-45)29-23-44(24-29)14-7-6-8-15-44/h1,11-12,21-22,29,53-54H,6-10,13-20,23-27H2,2-4H3/t42-,43+,45+/m0/s1. The molecule has 302 valence electrons. The summed E-state index contributed by atoms with van der Waals surface area (Å²) in [7, 11) is 1.42. The lowest BCUT2D eigenvalue weighted by Gasteiger charge is -2.62. The van der Waals surface area contributed by atoms with Crippen molar-refractivity contribution in [1.82, 2.24) is 19.9 Å². The number of benzene rings is 2. The topological polar surface area (TPSA) is 113 Å². The third-order valence-electron chi connectivity index (χ3n) is 14.4. The van der Waals surface area contributed by atoms with Gasteiger partial charge in [0.1, 0.15) is 39.6 Å². The summed E-state index contributed by atoms with van der Waals surface area (Å²) in [6, 6.07) is 6.05. The summed E-state index contributed by atoms with van der Waals surface area (Å²) in [5.74, 6) is 1.01. The van der Waals surface area contributed by atoms with E-state index in [1.54, 1.807) is 6.92 Å². The Bertz CT molecular complexity index is 2270. The number of rotatable bonds is 7. The molecule has 57 heavy (non-hydrogen) atoms. The number of phenolic OH excluding ortho intramolecular Hbond substituents is 1. The number of ether oxygens (including phenoxy) is 3. The van der Waals surface area contributed by atoms with E-state index in [4.69, 9.17) is 30.6 Å². The number of halogens is 2. The Morgan fingerprint density at radius 3 is 2.53 bits per heavy atom. The summed E-state index contributed by atoms with van der Waals surface area (Å²) in [6.07, 6.45) is 20.5. The van der Waals surface area contributed by atoms with Gasteiger partial charge >= 0.3 is 6.01 Å². The number of β-amino-alcohol motifs (C(OH)–C–C–N with tert-alkyl or cyclic N) is 1. The first-order chi connectivity index (χ1) is 27.4. The molecular weight excluding hydrogens is 729 g/mol. The number of fused-ring (bicyclic) bond motifs is 3. The van der Waals surface area contributed by atoms with Gasteiger partial charge in [-0.2, -0.15) is 9.97 Å². The molecule has 2 N–H and O–H groups in total. The number of aliphatic hydroxyl groups is 1. The molecule has 10 nitrogen and oxygen atoms in total. The molecule has 12 heteroatoms. The van der Waals surface area contributed by atoms with E-state index in [1.807, 2.05) is 4.90 Å². The monoisotopic (exact) mass is 781 g/mol. The fraction of sp³-hybridized carbons (Fsp3) is 0.578. The van der Waals surface area contributed by atoms with Crippen LogP contribution >= 0.6 is 0 Å². The van der Waals surface area contributed by atoms with Crippen molar-refractivity contribution in [3.05, 3.63) is 41.5 Å². The molecule has 1 spiro atoms. The van der Waals surface area contributed by atoms with Gasteiger partial charge in [0, 0.05) is 34.5 Å². The number of likely N-dealkylation sites (tertiary alicyclic amines) is 1. The van der Waals surface area contributed by atoms with Crippen LogP contribution < -0.4 is 14.4 Å². The number of hydrogen-bond acceptors (Lipinski definition) is 10. The van der Waals surface area contributed by atoms with Crippen LogP contribution in [0.15, 0.2) is 24.3 Å². The molecular formula is C45H53F2N5O5. The normalized spacial score (nSPS) is 27.9. The second-order valence-corrected chi connectivity index (χ2v) is 18.1. The first-order valence-electron chi connectivity index (χ1n) is 20.7. The molecule has 4 aromatic rings. The van der Waals surface area contributed by atoms with E-state index < -0.39 is 17.2 Å². The van der Waals surface area contributed by atoms with E-state index in [-0.39, 0.29) is 80.7 Å². The van der Waals surface area contributed by atoms with Gasteiger partial charge in [-0.1, -0.05) is 37.7 Å².